The molecule has 1 unspecified atom stereocenters. The molecule has 2 heterocycles. The third kappa shape index (κ3) is 2.06. The van der Waals surface area contributed by atoms with Crippen molar-refractivity contribution in [3.63, 3.8) is 0 Å². The van der Waals surface area contributed by atoms with Crippen molar-refractivity contribution in [1.29, 1.82) is 0 Å². The van der Waals surface area contributed by atoms with Crippen molar-refractivity contribution < 1.29 is 18.3 Å². The van der Waals surface area contributed by atoms with Gasteiger partial charge in [-0.15, -0.1) is 0 Å². The molecule has 0 aliphatic carbocycles. The van der Waals surface area contributed by atoms with Gasteiger partial charge in [-0.2, -0.15) is 13.2 Å². The van der Waals surface area contributed by atoms with Gasteiger partial charge in [-0.3, -0.25) is 4.98 Å². The first-order valence-electron chi connectivity index (χ1n) is 6.97. The molecule has 1 N–H and O–H groups in total. The van der Waals surface area contributed by atoms with Crippen molar-refractivity contribution in [2.45, 2.75) is 21.6 Å². The molecule has 7 heteroatoms. The Labute approximate surface area is 144 Å². The second kappa shape index (κ2) is 5.12. The average molecular weight is 368 g/mol. The lowest BCUT2D eigenvalue weighted by Gasteiger charge is -2.37. The number of para-hydroxylation sites is 1. The summed E-state index contributed by atoms with van der Waals surface area (Å²) in [6.07, 6.45) is -3.81. The predicted octanol–water partition coefficient (Wildman–Crippen LogP) is 5.15. The minimum Gasteiger partial charge on any atom is -0.372 e. The highest BCUT2D eigenvalue weighted by Gasteiger charge is 2.60. The highest BCUT2D eigenvalue weighted by molar-refractivity contribution is 7.99. The third-order valence-electron chi connectivity index (χ3n) is 4.07. The van der Waals surface area contributed by atoms with E-state index in [-0.39, 0.29) is 16.1 Å². The molecule has 1 aromatic heterocycles. The number of fused-ring (bicyclic) bond motifs is 4. The molecule has 0 saturated carbocycles. The van der Waals surface area contributed by atoms with E-state index in [1.807, 2.05) is 0 Å². The molecule has 1 aliphatic heterocycles. The molecule has 2 aromatic carbocycles. The number of hydrogen-bond donors (Lipinski definition) is 1. The van der Waals surface area contributed by atoms with Crippen LogP contribution in [0, 0.1) is 0 Å². The Bertz CT molecular complexity index is 976. The smallest absolute Gasteiger partial charge is 0.372 e. The monoisotopic (exact) mass is 367 g/mol. The Kier molecular flexibility index (Phi) is 3.36. The van der Waals surface area contributed by atoms with Crippen LogP contribution in [-0.2, 0) is 5.60 Å². The van der Waals surface area contributed by atoms with Gasteiger partial charge in [0.2, 0.25) is 5.60 Å². The fourth-order valence-corrected chi connectivity index (χ4v) is 4.36. The Morgan fingerprint density at radius 1 is 1.08 bits per heavy atom. The summed E-state index contributed by atoms with van der Waals surface area (Å²) in [7, 11) is 0. The van der Waals surface area contributed by atoms with E-state index in [1.165, 1.54) is 23.9 Å². The molecule has 0 amide bonds. The van der Waals surface area contributed by atoms with Crippen LogP contribution in [0.1, 0.15) is 11.1 Å². The first kappa shape index (κ1) is 15.7. The molecule has 0 saturated heterocycles. The van der Waals surface area contributed by atoms with Gasteiger partial charge in [0, 0.05) is 37.5 Å². The Hall–Kier alpha value is -1.76. The van der Waals surface area contributed by atoms with Gasteiger partial charge < -0.3 is 5.11 Å². The third-order valence-corrected chi connectivity index (χ3v) is 5.52. The van der Waals surface area contributed by atoms with Crippen molar-refractivity contribution in [2.75, 3.05) is 0 Å². The molecule has 122 valence electrons. The van der Waals surface area contributed by atoms with Gasteiger partial charge in [-0.25, -0.2) is 0 Å². The average Bonchev–Trinajstić information content (AvgIpc) is 2.54. The zero-order valence-electron chi connectivity index (χ0n) is 11.9. The van der Waals surface area contributed by atoms with Crippen molar-refractivity contribution in [3.05, 3.63) is 64.8 Å². The topological polar surface area (TPSA) is 33.1 Å². The number of benzene rings is 2. The van der Waals surface area contributed by atoms with Crippen LogP contribution in [0.2, 0.25) is 5.02 Å². The molecule has 1 aliphatic rings. The highest BCUT2D eigenvalue weighted by Crippen LogP contribution is 2.56. The van der Waals surface area contributed by atoms with Gasteiger partial charge in [0.05, 0.1) is 5.52 Å². The second-order valence-corrected chi connectivity index (χ2v) is 6.96. The summed E-state index contributed by atoms with van der Waals surface area (Å²) in [5.41, 5.74) is -3.11. The molecule has 24 heavy (non-hydrogen) atoms. The Morgan fingerprint density at radius 2 is 1.83 bits per heavy atom. The number of halogens is 4. The normalized spacial score (nSPS) is 19.9. The van der Waals surface area contributed by atoms with Crippen LogP contribution < -0.4 is 0 Å². The van der Waals surface area contributed by atoms with E-state index >= 15 is 0 Å². The quantitative estimate of drug-likeness (QED) is 0.596. The molecule has 2 nitrogen and oxygen atoms in total. The van der Waals surface area contributed by atoms with E-state index < -0.39 is 11.8 Å². The maximum absolute atomic E-state index is 13.9. The van der Waals surface area contributed by atoms with Crippen LogP contribution in [0.25, 0.3) is 10.9 Å². The zero-order valence-corrected chi connectivity index (χ0v) is 13.5. The number of alkyl halides is 3. The minimum atomic E-state index is -4.91. The van der Waals surface area contributed by atoms with Crippen LogP contribution in [0.5, 0.6) is 0 Å². The van der Waals surface area contributed by atoms with Gasteiger partial charge in [0.15, 0.2) is 0 Å². The molecule has 4 rings (SSSR count). The summed E-state index contributed by atoms with van der Waals surface area (Å²) in [4.78, 5) is 4.77. The van der Waals surface area contributed by atoms with E-state index in [2.05, 4.69) is 4.98 Å². The Balaban J connectivity index is 2.12. The summed E-state index contributed by atoms with van der Waals surface area (Å²) in [5.74, 6) is 0. The summed E-state index contributed by atoms with van der Waals surface area (Å²) >= 11 is 7.05. The number of pyridine rings is 1. The van der Waals surface area contributed by atoms with Crippen LogP contribution in [0.15, 0.2) is 58.5 Å². The fraction of sp³-hybridized carbons (Fsp3) is 0.118. The first-order chi connectivity index (χ1) is 11.3. The molecule has 0 spiro atoms. The van der Waals surface area contributed by atoms with Crippen molar-refractivity contribution in [2.24, 2.45) is 0 Å². The number of nitrogens with zero attached hydrogens (tertiary/aromatic N) is 1. The maximum atomic E-state index is 13.9. The summed E-state index contributed by atoms with van der Waals surface area (Å²) in [5, 5.41) is 11.5. The number of hydrogen-bond acceptors (Lipinski definition) is 3. The minimum absolute atomic E-state index is 0.134. The molecule has 0 bridgehead atoms. The largest absolute Gasteiger partial charge is 0.425 e. The van der Waals surface area contributed by atoms with Crippen molar-refractivity contribution >= 4 is 34.3 Å². The summed E-state index contributed by atoms with van der Waals surface area (Å²) < 4.78 is 41.7. The van der Waals surface area contributed by atoms with Gasteiger partial charge >= 0.3 is 6.18 Å². The lowest BCUT2D eigenvalue weighted by molar-refractivity contribution is -0.250. The number of aromatic nitrogens is 1. The molecule has 0 fully saturated rings. The lowest BCUT2D eigenvalue weighted by Crippen LogP contribution is -2.45. The van der Waals surface area contributed by atoms with Crippen molar-refractivity contribution in [1.82, 2.24) is 4.98 Å². The van der Waals surface area contributed by atoms with Gasteiger partial charge in [-0.1, -0.05) is 41.6 Å². The molecular weight excluding hydrogens is 359 g/mol. The molecule has 0 radical (unpaired) electrons. The second-order valence-electron chi connectivity index (χ2n) is 5.47. The van der Waals surface area contributed by atoms with Crippen LogP contribution in [0.3, 0.4) is 0 Å². The van der Waals surface area contributed by atoms with E-state index in [4.69, 9.17) is 11.6 Å². The van der Waals surface area contributed by atoms with Gasteiger partial charge in [-0.05, 0) is 24.3 Å². The van der Waals surface area contributed by atoms with Gasteiger partial charge in [0.25, 0.3) is 0 Å². The van der Waals surface area contributed by atoms with Crippen LogP contribution in [0.4, 0.5) is 13.2 Å². The van der Waals surface area contributed by atoms with E-state index in [0.29, 0.717) is 20.7 Å². The maximum Gasteiger partial charge on any atom is 0.425 e. The number of aliphatic hydroxyl groups is 1. The lowest BCUT2D eigenvalue weighted by atomic mass is 9.85. The van der Waals surface area contributed by atoms with Crippen LogP contribution >= 0.6 is 23.4 Å². The van der Waals surface area contributed by atoms with E-state index in [1.54, 1.807) is 24.3 Å². The van der Waals surface area contributed by atoms with E-state index in [0.717, 1.165) is 12.3 Å². The zero-order chi connectivity index (χ0) is 17.1. The SMILES string of the molecule is OC1(C(F)(F)F)c2cc(Cl)ccc2Sc2c1cnc1ccccc21. The van der Waals surface area contributed by atoms with E-state index in [9.17, 15) is 18.3 Å². The Morgan fingerprint density at radius 3 is 2.58 bits per heavy atom. The first-order valence-corrected chi connectivity index (χ1v) is 8.17. The predicted molar refractivity (Wildman–Crippen MR) is 86.4 cm³/mol. The molecule has 3 aromatic rings. The fourth-order valence-electron chi connectivity index (χ4n) is 2.92. The molecular formula is C17H9ClF3NOS. The standard InChI is InChI=1S/C17H9ClF3NOS/c18-9-5-6-14-11(7-9)16(23,17(19,20)21)12-8-22-13-4-2-1-3-10(13)15(12)24-14/h1-8,23H. The highest BCUT2D eigenvalue weighted by atomic mass is 35.5. The van der Waals surface area contributed by atoms with Gasteiger partial charge in [0.1, 0.15) is 0 Å². The number of rotatable bonds is 0. The van der Waals surface area contributed by atoms with Crippen LogP contribution in [-0.4, -0.2) is 16.3 Å². The summed E-state index contributed by atoms with van der Waals surface area (Å²) in [6.45, 7) is 0. The summed E-state index contributed by atoms with van der Waals surface area (Å²) in [6, 6.07) is 11.1. The van der Waals surface area contributed by atoms with Crippen molar-refractivity contribution in [3.8, 4) is 0 Å². The molecule has 1 atom stereocenters.